The highest BCUT2D eigenvalue weighted by molar-refractivity contribution is 7.89. The Morgan fingerprint density at radius 2 is 1.90 bits per heavy atom. The van der Waals surface area contributed by atoms with Crippen LogP contribution in [0.4, 0.5) is 4.39 Å². The molecule has 0 spiro atoms. The minimum atomic E-state index is -3.58. The molecule has 162 valence electrons. The minimum absolute atomic E-state index is 0.195. The largest absolute Gasteiger partial charge is 0.394 e. The van der Waals surface area contributed by atoms with Crippen LogP contribution in [0.3, 0.4) is 0 Å². The lowest BCUT2D eigenvalue weighted by Crippen LogP contribution is -2.51. The van der Waals surface area contributed by atoms with E-state index in [4.69, 9.17) is 4.74 Å². The van der Waals surface area contributed by atoms with E-state index in [1.165, 1.54) is 30.3 Å². The second kappa shape index (κ2) is 10.1. The van der Waals surface area contributed by atoms with Crippen LogP contribution in [-0.4, -0.2) is 50.8 Å². The number of sulfonamides is 1. The fourth-order valence-electron chi connectivity index (χ4n) is 3.43. The number of nitrogens with one attached hydrogen (secondary N) is 2. The lowest BCUT2D eigenvalue weighted by Gasteiger charge is -2.36. The first-order valence-electron chi connectivity index (χ1n) is 9.76. The summed E-state index contributed by atoms with van der Waals surface area (Å²) in [7, 11) is -3.58. The number of aliphatic hydroxyl groups excluding tert-OH is 1. The van der Waals surface area contributed by atoms with Crippen LogP contribution >= 0.6 is 0 Å². The third-order valence-electron chi connectivity index (χ3n) is 5.01. The maximum absolute atomic E-state index is 13.3. The van der Waals surface area contributed by atoms with Crippen LogP contribution in [-0.2, 0) is 14.8 Å². The first-order valence-corrected chi connectivity index (χ1v) is 11.2. The van der Waals surface area contributed by atoms with Gasteiger partial charge in [-0.1, -0.05) is 24.3 Å². The predicted molar refractivity (Wildman–Crippen MR) is 109 cm³/mol. The quantitative estimate of drug-likeness (QED) is 0.586. The summed E-state index contributed by atoms with van der Waals surface area (Å²) < 4.78 is 46.2. The van der Waals surface area contributed by atoms with Gasteiger partial charge in [-0.05, 0) is 49.6 Å². The molecule has 7 nitrogen and oxygen atoms in total. The van der Waals surface area contributed by atoms with Crippen molar-refractivity contribution in [2.45, 2.75) is 42.4 Å². The van der Waals surface area contributed by atoms with E-state index in [0.717, 1.165) is 6.07 Å². The van der Waals surface area contributed by atoms with Crippen LogP contribution in [0.1, 0.15) is 29.6 Å². The Morgan fingerprint density at radius 3 is 2.60 bits per heavy atom. The maximum Gasteiger partial charge on any atom is 0.251 e. The highest BCUT2D eigenvalue weighted by Crippen LogP contribution is 2.22. The van der Waals surface area contributed by atoms with Gasteiger partial charge in [0.25, 0.3) is 5.91 Å². The van der Waals surface area contributed by atoms with Crippen molar-refractivity contribution in [3.05, 3.63) is 66.0 Å². The average Bonchev–Trinajstić information content (AvgIpc) is 2.75. The summed E-state index contributed by atoms with van der Waals surface area (Å²) in [4.78, 5) is 12.5. The Balaban J connectivity index is 1.50. The van der Waals surface area contributed by atoms with Crippen molar-refractivity contribution in [2.24, 2.45) is 0 Å². The third kappa shape index (κ3) is 5.85. The third-order valence-corrected chi connectivity index (χ3v) is 6.49. The van der Waals surface area contributed by atoms with Gasteiger partial charge in [0.05, 0.1) is 23.6 Å². The molecule has 2 aromatic carbocycles. The molecule has 1 heterocycles. The summed E-state index contributed by atoms with van der Waals surface area (Å²) in [5.41, 5.74) is 0.198. The van der Waals surface area contributed by atoms with E-state index in [9.17, 15) is 22.7 Å². The molecule has 3 rings (SSSR count). The molecule has 3 N–H and O–H groups in total. The first kappa shape index (κ1) is 22.4. The van der Waals surface area contributed by atoms with Gasteiger partial charge >= 0.3 is 0 Å². The first-order chi connectivity index (χ1) is 14.4. The summed E-state index contributed by atoms with van der Waals surface area (Å²) in [6.45, 7) is -0.0965. The Kier molecular flexibility index (Phi) is 7.54. The predicted octanol–water partition coefficient (Wildman–Crippen LogP) is 1.83. The van der Waals surface area contributed by atoms with E-state index in [1.807, 2.05) is 0 Å². The second-order valence-corrected chi connectivity index (χ2v) is 8.91. The van der Waals surface area contributed by atoms with Gasteiger partial charge in [-0.15, -0.1) is 0 Å². The summed E-state index contributed by atoms with van der Waals surface area (Å²) >= 11 is 0. The van der Waals surface area contributed by atoms with Crippen molar-refractivity contribution < 1.29 is 27.4 Å². The molecule has 0 aromatic heterocycles. The molecule has 1 amide bonds. The number of carbonyl (C=O) groups is 1. The van der Waals surface area contributed by atoms with Crippen LogP contribution in [0.15, 0.2) is 59.5 Å². The molecule has 1 saturated heterocycles. The van der Waals surface area contributed by atoms with Crippen LogP contribution < -0.4 is 10.0 Å². The summed E-state index contributed by atoms with van der Waals surface area (Å²) in [5, 5.41) is 12.4. The van der Waals surface area contributed by atoms with Crippen LogP contribution in [0.25, 0.3) is 0 Å². The number of hydrogen-bond acceptors (Lipinski definition) is 5. The molecule has 1 aliphatic heterocycles. The lowest BCUT2D eigenvalue weighted by atomic mass is 9.97. The van der Waals surface area contributed by atoms with Crippen molar-refractivity contribution in [1.82, 2.24) is 10.0 Å². The normalized spacial score (nSPS) is 21.9. The van der Waals surface area contributed by atoms with E-state index in [-0.39, 0.29) is 29.7 Å². The van der Waals surface area contributed by atoms with Crippen molar-refractivity contribution >= 4 is 15.9 Å². The molecule has 0 bridgehead atoms. The van der Waals surface area contributed by atoms with Crippen molar-refractivity contribution in [1.29, 1.82) is 0 Å². The molecule has 3 atom stereocenters. The number of hydrogen-bond donors (Lipinski definition) is 3. The van der Waals surface area contributed by atoms with E-state index in [0.29, 0.717) is 19.3 Å². The summed E-state index contributed by atoms with van der Waals surface area (Å²) in [6, 6.07) is 13.1. The molecule has 0 radical (unpaired) electrons. The summed E-state index contributed by atoms with van der Waals surface area (Å²) in [6.07, 6.45) is 0.725. The zero-order valence-corrected chi connectivity index (χ0v) is 17.1. The van der Waals surface area contributed by atoms with E-state index >= 15 is 0 Å². The number of halogens is 1. The highest BCUT2D eigenvalue weighted by atomic mass is 32.2. The number of carbonyl (C=O) groups excluding carboxylic acids is 1. The van der Waals surface area contributed by atoms with E-state index in [2.05, 4.69) is 10.0 Å². The minimum Gasteiger partial charge on any atom is -0.394 e. The number of benzene rings is 2. The fraction of sp³-hybridized carbons (Fsp3) is 0.381. The molecule has 9 heteroatoms. The Hall–Kier alpha value is -2.33. The number of amides is 1. The van der Waals surface area contributed by atoms with Crippen molar-refractivity contribution in [2.75, 3.05) is 13.2 Å². The Labute approximate surface area is 175 Å². The van der Waals surface area contributed by atoms with Gasteiger partial charge in [-0.3, -0.25) is 4.79 Å². The molecule has 1 fully saturated rings. The second-order valence-electron chi connectivity index (χ2n) is 7.15. The number of rotatable bonds is 8. The lowest BCUT2D eigenvalue weighted by molar-refractivity contribution is -0.0891. The molecule has 1 aliphatic rings. The summed E-state index contributed by atoms with van der Waals surface area (Å²) in [5.74, 6) is -0.935. The van der Waals surface area contributed by atoms with Crippen LogP contribution in [0, 0.1) is 5.82 Å². The molecule has 0 aliphatic carbocycles. The molecule has 0 unspecified atom stereocenters. The van der Waals surface area contributed by atoms with Crippen LogP contribution in [0.5, 0.6) is 0 Å². The fourth-order valence-corrected chi connectivity index (χ4v) is 4.50. The topological polar surface area (TPSA) is 105 Å². The van der Waals surface area contributed by atoms with Gasteiger partial charge in [0, 0.05) is 12.1 Å². The molecule has 0 saturated carbocycles. The van der Waals surface area contributed by atoms with Gasteiger partial charge in [-0.25, -0.2) is 17.5 Å². The standard InChI is InChI=1S/C21H25FN2O5S/c22-16-6-4-5-15(13-16)21(26)24-19-10-9-17(29-20(19)14-25)11-12-23-30(27,28)18-7-2-1-3-8-18/h1-8,13,17,19-20,23,25H,9-12,14H2,(H,24,26)/t17-,19-,20-/m1/s1. The van der Waals surface area contributed by atoms with Gasteiger partial charge < -0.3 is 15.2 Å². The van der Waals surface area contributed by atoms with Crippen LogP contribution in [0.2, 0.25) is 0 Å². The molecule has 2 aromatic rings. The maximum atomic E-state index is 13.3. The Bertz CT molecular complexity index is 955. The molecular weight excluding hydrogens is 411 g/mol. The zero-order chi connectivity index (χ0) is 21.6. The zero-order valence-electron chi connectivity index (χ0n) is 16.3. The average molecular weight is 437 g/mol. The monoisotopic (exact) mass is 436 g/mol. The molecule has 30 heavy (non-hydrogen) atoms. The van der Waals surface area contributed by atoms with E-state index < -0.39 is 33.9 Å². The van der Waals surface area contributed by atoms with Crippen molar-refractivity contribution in [3.8, 4) is 0 Å². The van der Waals surface area contributed by atoms with Gasteiger partial charge in [-0.2, -0.15) is 0 Å². The smallest absolute Gasteiger partial charge is 0.251 e. The van der Waals surface area contributed by atoms with Gasteiger partial charge in [0.2, 0.25) is 10.0 Å². The Morgan fingerprint density at radius 1 is 1.13 bits per heavy atom. The SMILES string of the molecule is O=C(N[C@@H]1CC[C@H](CCNS(=O)(=O)c2ccccc2)O[C@@H]1CO)c1cccc(F)c1. The van der Waals surface area contributed by atoms with Crippen molar-refractivity contribution in [3.63, 3.8) is 0 Å². The number of ether oxygens (including phenoxy) is 1. The van der Waals surface area contributed by atoms with E-state index in [1.54, 1.807) is 18.2 Å². The van der Waals surface area contributed by atoms with Gasteiger partial charge in [0.15, 0.2) is 0 Å². The molecular formula is C21H25FN2O5S. The highest BCUT2D eigenvalue weighted by Gasteiger charge is 2.32. The van der Waals surface area contributed by atoms with Gasteiger partial charge in [0.1, 0.15) is 11.9 Å². The number of aliphatic hydroxyl groups is 1.